The van der Waals surface area contributed by atoms with Crippen LogP contribution in [-0.2, 0) is 0 Å². The molecular formula is C12H18ClN3S. The molecule has 1 aromatic rings. The van der Waals surface area contributed by atoms with Gasteiger partial charge in [-0.3, -0.25) is 4.98 Å². The monoisotopic (exact) mass is 271 g/mol. The first-order chi connectivity index (χ1) is 8.29. The van der Waals surface area contributed by atoms with Crippen molar-refractivity contribution in [2.45, 2.75) is 31.4 Å². The summed E-state index contributed by atoms with van der Waals surface area (Å²) in [5.74, 6) is 2.10. The lowest BCUT2D eigenvalue weighted by Crippen LogP contribution is -2.30. The van der Waals surface area contributed by atoms with Crippen molar-refractivity contribution < 1.29 is 0 Å². The lowest BCUT2D eigenvalue weighted by Gasteiger charge is -2.24. The second-order valence-electron chi connectivity index (χ2n) is 4.22. The summed E-state index contributed by atoms with van der Waals surface area (Å²) in [6, 6.07) is 0. The first-order valence-electron chi connectivity index (χ1n) is 6.13. The Morgan fingerprint density at radius 3 is 3.12 bits per heavy atom. The molecule has 1 aliphatic heterocycles. The molecular weight excluding hydrogens is 254 g/mol. The van der Waals surface area contributed by atoms with Crippen molar-refractivity contribution in [3.63, 3.8) is 0 Å². The van der Waals surface area contributed by atoms with Crippen molar-refractivity contribution in [3.8, 4) is 0 Å². The Balaban J connectivity index is 2.08. The van der Waals surface area contributed by atoms with Crippen molar-refractivity contribution in [3.05, 3.63) is 17.5 Å². The van der Waals surface area contributed by atoms with Crippen LogP contribution in [0.3, 0.4) is 0 Å². The molecule has 1 atom stereocenters. The molecule has 94 valence electrons. The number of thioether (sulfide) groups is 1. The minimum Gasteiger partial charge on any atom is -0.354 e. The Morgan fingerprint density at radius 2 is 2.35 bits per heavy atom. The Hall–Kier alpha value is -0.480. The SMILES string of the molecule is CCSC1CCCCN(c2cncc(Cl)n2)C1. The summed E-state index contributed by atoms with van der Waals surface area (Å²) in [6.45, 7) is 4.35. The van der Waals surface area contributed by atoms with E-state index in [-0.39, 0.29) is 0 Å². The first-order valence-corrected chi connectivity index (χ1v) is 7.56. The number of rotatable bonds is 3. The second-order valence-corrected chi connectivity index (χ2v) is 6.18. The summed E-state index contributed by atoms with van der Waals surface area (Å²) in [6.07, 6.45) is 7.24. The van der Waals surface area contributed by atoms with Gasteiger partial charge < -0.3 is 4.90 Å². The molecule has 1 saturated heterocycles. The van der Waals surface area contributed by atoms with Gasteiger partial charge in [0, 0.05) is 18.3 Å². The molecule has 0 spiro atoms. The number of aromatic nitrogens is 2. The van der Waals surface area contributed by atoms with E-state index in [1.165, 1.54) is 25.0 Å². The zero-order chi connectivity index (χ0) is 12.1. The number of hydrogen-bond acceptors (Lipinski definition) is 4. The molecule has 2 rings (SSSR count). The van der Waals surface area contributed by atoms with Gasteiger partial charge in [-0.05, 0) is 18.6 Å². The molecule has 0 amide bonds. The van der Waals surface area contributed by atoms with Gasteiger partial charge >= 0.3 is 0 Å². The molecule has 0 aliphatic carbocycles. The fraction of sp³-hybridized carbons (Fsp3) is 0.667. The quantitative estimate of drug-likeness (QED) is 0.844. The van der Waals surface area contributed by atoms with Crippen LogP contribution in [0.1, 0.15) is 26.2 Å². The maximum Gasteiger partial charge on any atom is 0.149 e. The van der Waals surface area contributed by atoms with E-state index >= 15 is 0 Å². The predicted molar refractivity (Wildman–Crippen MR) is 75.0 cm³/mol. The van der Waals surface area contributed by atoms with E-state index in [2.05, 4.69) is 21.8 Å². The third kappa shape index (κ3) is 3.75. The van der Waals surface area contributed by atoms with Gasteiger partial charge in [0.05, 0.1) is 12.4 Å². The smallest absolute Gasteiger partial charge is 0.149 e. The summed E-state index contributed by atoms with van der Waals surface area (Å²) in [7, 11) is 0. The van der Waals surface area contributed by atoms with Gasteiger partial charge in [0.25, 0.3) is 0 Å². The zero-order valence-electron chi connectivity index (χ0n) is 10.1. The number of nitrogens with zero attached hydrogens (tertiary/aromatic N) is 3. The largest absolute Gasteiger partial charge is 0.354 e. The average Bonchev–Trinajstić information content (AvgIpc) is 2.55. The molecule has 1 aliphatic rings. The van der Waals surface area contributed by atoms with Gasteiger partial charge in [0.2, 0.25) is 0 Å². The second kappa shape index (κ2) is 6.45. The van der Waals surface area contributed by atoms with Crippen LogP contribution in [-0.4, -0.2) is 34.1 Å². The van der Waals surface area contributed by atoms with Crippen molar-refractivity contribution >= 4 is 29.2 Å². The molecule has 1 fully saturated rings. The van der Waals surface area contributed by atoms with Crippen molar-refractivity contribution in [1.82, 2.24) is 9.97 Å². The predicted octanol–water partition coefficient (Wildman–Crippen LogP) is 3.24. The number of halogens is 1. The average molecular weight is 272 g/mol. The van der Waals surface area contributed by atoms with Crippen LogP contribution in [0.2, 0.25) is 5.15 Å². The van der Waals surface area contributed by atoms with E-state index in [4.69, 9.17) is 11.6 Å². The van der Waals surface area contributed by atoms with Crippen LogP contribution in [0.25, 0.3) is 0 Å². The Labute approximate surface area is 112 Å². The molecule has 5 heteroatoms. The number of anilines is 1. The topological polar surface area (TPSA) is 29.0 Å². The van der Waals surface area contributed by atoms with Crippen molar-refractivity contribution in [1.29, 1.82) is 0 Å². The molecule has 0 N–H and O–H groups in total. The highest BCUT2D eigenvalue weighted by atomic mass is 35.5. The number of hydrogen-bond donors (Lipinski definition) is 0. The lowest BCUT2D eigenvalue weighted by molar-refractivity contribution is 0.735. The Kier molecular flexibility index (Phi) is 4.92. The zero-order valence-corrected chi connectivity index (χ0v) is 11.7. The summed E-state index contributed by atoms with van der Waals surface area (Å²) >= 11 is 7.94. The Morgan fingerprint density at radius 1 is 1.47 bits per heavy atom. The van der Waals surface area contributed by atoms with E-state index in [0.717, 1.165) is 18.9 Å². The Bertz CT molecular complexity index is 361. The standard InChI is InChI=1S/C12H18ClN3S/c1-2-17-10-5-3-4-6-16(9-10)12-8-14-7-11(13)15-12/h7-8,10H,2-6,9H2,1H3. The van der Waals surface area contributed by atoms with Gasteiger partial charge in [-0.2, -0.15) is 11.8 Å². The fourth-order valence-corrected chi connectivity index (χ4v) is 3.40. The van der Waals surface area contributed by atoms with E-state index < -0.39 is 0 Å². The van der Waals surface area contributed by atoms with Crippen molar-refractivity contribution in [2.75, 3.05) is 23.7 Å². The minimum absolute atomic E-state index is 0.478. The molecule has 3 nitrogen and oxygen atoms in total. The van der Waals surface area contributed by atoms with Crippen LogP contribution in [0.5, 0.6) is 0 Å². The van der Waals surface area contributed by atoms with Gasteiger partial charge in [-0.1, -0.05) is 24.9 Å². The van der Waals surface area contributed by atoms with Crippen molar-refractivity contribution in [2.24, 2.45) is 0 Å². The highest BCUT2D eigenvalue weighted by Gasteiger charge is 2.19. The molecule has 1 aromatic heterocycles. The summed E-state index contributed by atoms with van der Waals surface area (Å²) in [5, 5.41) is 1.19. The van der Waals surface area contributed by atoms with Gasteiger partial charge in [0.15, 0.2) is 0 Å². The van der Waals surface area contributed by atoms with Gasteiger partial charge in [0.1, 0.15) is 11.0 Å². The van der Waals surface area contributed by atoms with Crippen LogP contribution >= 0.6 is 23.4 Å². The molecule has 0 bridgehead atoms. The van der Waals surface area contributed by atoms with Gasteiger partial charge in [-0.15, -0.1) is 0 Å². The molecule has 1 unspecified atom stereocenters. The molecule has 0 saturated carbocycles. The van der Waals surface area contributed by atoms with Crippen LogP contribution in [0, 0.1) is 0 Å². The molecule has 17 heavy (non-hydrogen) atoms. The minimum atomic E-state index is 0.478. The van der Waals surface area contributed by atoms with E-state index in [0.29, 0.717) is 10.4 Å². The van der Waals surface area contributed by atoms with E-state index in [1.54, 1.807) is 6.20 Å². The third-order valence-corrected chi connectivity index (χ3v) is 4.32. The maximum atomic E-state index is 5.90. The first kappa shape index (κ1) is 13.0. The van der Waals surface area contributed by atoms with E-state index in [1.807, 2.05) is 18.0 Å². The van der Waals surface area contributed by atoms with E-state index in [9.17, 15) is 0 Å². The summed E-state index contributed by atoms with van der Waals surface area (Å²) in [4.78, 5) is 10.8. The molecule has 2 heterocycles. The highest BCUT2D eigenvalue weighted by molar-refractivity contribution is 7.99. The highest BCUT2D eigenvalue weighted by Crippen LogP contribution is 2.24. The van der Waals surface area contributed by atoms with Crippen LogP contribution < -0.4 is 4.90 Å². The van der Waals surface area contributed by atoms with Crippen LogP contribution in [0.15, 0.2) is 12.4 Å². The molecule has 0 aromatic carbocycles. The van der Waals surface area contributed by atoms with Crippen LogP contribution in [0.4, 0.5) is 5.82 Å². The summed E-state index contributed by atoms with van der Waals surface area (Å²) in [5.41, 5.74) is 0. The molecule has 0 radical (unpaired) electrons. The van der Waals surface area contributed by atoms with Gasteiger partial charge in [-0.25, -0.2) is 4.98 Å². The maximum absolute atomic E-state index is 5.90. The third-order valence-electron chi connectivity index (χ3n) is 2.95. The summed E-state index contributed by atoms with van der Waals surface area (Å²) < 4.78 is 0. The normalized spacial score (nSPS) is 21.3. The lowest BCUT2D eigenvalue weighted by atomic mass is 10.2. The fourth-order valence-electron chi connectivity index (χ4n) is 2.17.